The van der Waals surface area contributed by atoms with Crippen molar-refractivity contribution in [1.82, 2.24) is 10.4 Å². The highest BCUT2D eigenvalue weighted by Crippen LogP contribution is 2.38. The molecule has 1 heterocycles. The van der Waals surface area contributed by atoms with Gasteiger partial charge >= 0.3 is 0 Å². The Kier molecular flexibility index (Phi) is 6.10. The predicted molar refractivity (Wildman–Crippen MR) is 117 cm³/mol. The SMILES string of the molecule is O=C(CCCC(=O)N1CCC(=C2c3ccccc3C=Cc3ccccc32)CC1)NO. The molecule has 1 saturated heterocycles. The van der Waals surface area contributed by atoms with Crippen LogP contribution < -0.4 is 5.48 Å². The zero-order valence-electron chi connectivity index (χ0n) is 16.9. The molecule has 2 amide bonds. The molecule has 0 radical (unpaired) electrons. The number of nitrogens with zero attached hydrogens (tertiary/aromatic N) is 1. The number of rotatable bonds is 4. The van der Waals surface area contributed by atoms with Crippen molar-refractivity contribution in [1.29, 1.82) is 0 Å². The van der Waals surface area contributed by atoms with Crippen LogP contribution in [0.5, 0.6) is 0 Å². The molecule has 5 heteroatoms. The van der Waals surface area contributed by atoms with Crippen LogP contribution in [0.1, 0.15) is 54.4 Å². The quantitative estimate of drug-likeness (QED) is 0.506. The number of hydroxylamine groups is 1. The summed E-state index contributed by atoms with van der Waals surface area (Å²) in [5, 5.41) is 8.56. The molecule has 0 atom stereocenters. The number of likely N-dealkylation sites (tertiary alicyclic amines) is 1. The van der Waals surface area contributed by atoms with E-state index < -0.39 is 5.91 Å². The van der Waals surface area contributed by atoms with Crippen molar-refractivity contribution in [3.8, 4) is 0 Å². The predicted octanol–water partition coefficient (Wildman–Crippen LogP) is 4.27. The normalized spacial score (nSPS) is 15.3. The summed E-state index contributed by atoms with van der Waals surface area (Å²) in [4.78, 5) is 25.5. The van der Waals surface area contributed by atoms with Crippen LogP contribution in [0.4, 0.5) is 0 Å². The first-order chi connectivity index (χ1) is 14.7. The summed E-state index contributed by atoms with van der Waals surface area (Å²) >= 11 is 0. The number of amides is 2. The van der Waals surface area contributed by atoms with E-state index in [-0.39, 0.29) is 12.3 Å². The number of carbonyl (C=O) groups is 2. The van der Waals surface area contributed by atoms with Gasteiger partial charge in [0.1, 0.15) is 0 Å². The van der Waals surface area contributed by atoms with E-state index in [4.69, 9.17) is 5.21 Å². The molecule has 0 saturated carbocycles. The van der Waals surface area contributed by atoms with Crippen LogP contribution in [-0.2, 0) is 9.59 Å². The largest absolute Gasteiger partial charge is 0.342 e. The van der Waals surface area contributed by atoms with Crippen LogP contribution in [0.3, 0.4) is 0 Å². The van der Waals surface area contributed by atoms with Gasteiger partial charge in [0, 0.05) is 25.9 Å². The minimum atomic E-state index is -0.451. The molecule has 4 rings (SSSR count). The van der Waals surface area contributed by atoms with Crippen LogP contribution in [0.25, 0.3) is 17.7 Å². The Bertz CT molecular complexity index is 961. The van der Waals surface area contributed by atoms with Gasteiger partial charge in [0.2, 0.25) is 11.8 Å². The summed E-state index contributed by atoms with van der Waals surface area (Å²) in [6.45, 7) is 1.39. The zero-order valence-corrected chi connectivity index (χ0v) is 16.9. The van der Waals surface area contributed by atoms with Crippen molar-refractivity contribution in [2.24, 2.45) is 0 Å². The molecule has 2 aliphatic rings. The molecule has 1 aliphatic carbocycles. The summed E-state index contributed by atoms with van der Waals surface area (Å²) in [6, 6.07) is 17.0. The van der Waals surface area contributed by atoms with Gasteiger partial charge in [-0.2, -0.15) is 0 Å². The Balaban J connectivity index is 1.55. The van der Waals surface area contributed by atoms with Crippen molar-refractivity contribution in [3.05, 3.63) is 76.4 Å². The summed E-state index contributed by atoms with van der Waals surface area (Å²) in [7, 11) is 0. The molecule has 5 nitrogen and oxygen atoms in total. The van der Waals surface area contributed by atoms with Gasteiger partial charge in [-0.3, -0.25) is 14.8 Å². The Morgan fingerprint density at radius 1 is 0.867 bits per heavy atom. The number of hydrogen-bond acceptors (Lipinski definition) is 3. The number of hydrogen-bond donors (Lipinski definition) is 2. The maximum Gasteiger partial charge on any atom is 0.243 e. The van der Waals surface area contributed by atoms with E-state index >= 15 is 0 Å². The third-order valence-electron chi connectivity index (χ3n) is 5.90. The van der Waals surface area contributed by atoms with Crippen LogP contribution >= 0.6 is 0 Å². The van der Waals surface area contributed by atoms with Crippen LogP contribution in [-0.4, -0.2) is 35.0 Å². The lowest BCUT2D eigenvalue weighted by molar-refractivity contribution is -0.132. The van der Waals surface area contributed by atoms with Crippen molar-refractivity contribution in [2.75, 3.05) is 13.1 Å². The fourth-order valence-corrected chi connectivity index (χ4v) is 4.34. The van der Waals surface area contributed by atoms with Gasteiger partial charge in [0.25, 0.3) is 0 Å². The first kappa shape index (κ1) is 20.1. The van der Waals surface area contributed by atoms with Gasteiger partial charge in [-0.05, 0) is 47.1 Å². The molecule has 2 aromatic carbocycles. The summed E-state index contributed by atoms with van der Waals surface area (Å²) in [5.74, 6) is -0.374. The van der Waals surface area contributed by atoms with E-state index in [1.54, 1.807) is 5.48 Å². The molecule has 2 N–H and O–H groups in total. The van der Waals surface area contributed by atoms with Crippen molar-refractivity contribution in [2.45, 2.75) is 32.1 Å². The molecule has 30 heavy (non-hydrogen) atoms. The molecule has 1 aliphatic heterocycles. The molecule has 0 bridgehead atoms. The fourth-order valence-electron chi connectivity index (χ4n) is 4.34. The first-order valence-corrected chi connectivity index (χ1v) is 10.5. The average Bonchev–Trinajstić information content (AvgIpc) is 2.96. The van der Waals surface area contributed by atoms with Crippen LogP contribution in [0.2, 0.25) is 0 Å². The van der Waals surface area contributed by atoms with Crippen molar-refractivity contribution < 1.29 is 14.8 Å². The number of piperidine rings is 1. The fraction of sp³-hybridized carbons (Fsp3) is 0.280. The first-order valence-electron chi connectivity index (χ1n) is 10.5. The van der Waals surface area contributed by atoms with Crippen molar-refractivity contribution in [3.63, 3.8) is 0 Å². The van der Waals surface area contributed by atoms with E-state index in [1.165, 1.54) is 33.4 Å². The minimum absolute atomic E-state index is 0.0770. The van der Waals surface area contributed by atoms with Gasteiger partial charge in [-0.1, -0.05) is 66.3 Å². The van der Waals surface area contributed by atoms with Gasteiger partial charge in [-0.15, -0.1) is 0 Å². The highest BCUT2D eigenvalue weighted by molar-refractivity contribution is 5.95. The van der Waals surface area contributed by atoms with E-state index in [0.29, 0.717) is 25.9 Å². The lowest BCUT2D eigenvalue weighted by atomic mass is 9.86. The third-order valence-corrected chi connectivity index (χ3v) is 5.90. The molecular formula is C25H26N2O3. The second kappa shape index (κ2) is 9.09. The summed E-state index contributed by atoms with van der Waals surface area (Å²) < 4.78 is 0. The number of carbonyl (C=O) groups excluding carboxylic acids is 2. The highest BCUT2D eigenvalue weighted by atomic mass is 16.5. The Hall–Kier alpha value is -3.18. The van der Waals surface area contributed by atoms with Crippen LogP contribution in [0, 0.1) is 0 Å². The van der Waals surface area contributed by atoms with Gasteiger partial charge in [0.15, 0.2) is 0 Å². The van der Waals surface area contributed by atoms with Gasteiger partial charge in [0.05, 0.1) is 0 Å². The summed E-state index contributed by atoms with van der Waals surface area (Å²) in [5.41, 5.74) is 9.25. The lowest BCUT2D eigenvalue weighted by Gasteiger charge is -2.30. The Morgan fingerprint density at radius 3 is 2.00 bits per heavy atom. The molecule has 154 valence electrons. The number of benzene rings is 2. The van der Waals surface area contributed by atoms with E-state index in [9.17, 15) is 9.59 Å². The maximum atomic E-state index is 12.5. The number of fused-ring (bicyclic) bond motifs is 2. The Labute approximate surface area is 176 Å². The highest BCUT2D eigenvalue weighted by Gasteiger charge is 2.24. The van der Waals surface area contributed by atoms with Gasteiger partial charge < -0.3 is 4.90 Å². The smallest absolute Gasteiger partial charge is 0.243 e. The second-order valence-corrected chi connectivity index (χ2v) is 7.76. The van der Waals surface area contributed by atoms with Gasteiger partial charge in [-0.25, -0.2) is 5.48 Å². The molecule has 0 spiro atoms. The van der Waals surface area contributed by atoms with Crippen LogP contribution in [0.15, 0.2) is 54.1 Å². The van der Waals surface area contributed by atoms with E-state index in [0.717, 1.165) is 12.8 Å². The molecule has 2 aromatic rings. The Morgan fingerprint density at radius 2 is 1.43 bits per heavy atom. The minimum Gasteiger partial charge on any atom is -0.342 e. The molecular weight excluding hydrogens is 376 g/mol. The third kappa shape index (κ3) is 4.21. The lowest BCUT2D eigenvalue weighted by Crippen LogP contribution is -2.36. The van der Waals surface area contributed by atoms with Crippen molar-refractivity contribution >= 4 is 29.5 Å². The monoisotopic (exact) mass is 402 g/mol. The average molecular weight is 402 g/mol. The topological polar surface area (TPSA) is 69.6 Å². The van der Waals surface area contributed by atoms with E-state index in [2.05, 4.69) is 60.7 Å². The maximum absolute atomic E-state index is 12.5. The molecule has 0 unspecified atom stereocenters. The summed E-state index contributed by atoms with van der Waals surface area (Å²) in [6.07, 6.45) is 7.00. The standard InChI is InChI=1S/C25H26N2O3/c28-23(26-30)10-5-11-24(29)27-16-14-20(15-17-27)25-21-8-3-1-6-18(21)12-13-19-7-2-4-9-22(19)25/h1-4,6-9,12-13,30H,5,10-11,14-17H2,(H,26,28). The number of nitrogens with one attached hydrogen (secondary N) is 1. The van der Waals surface area contributed by atoms with E-state index in [1.807, 2.05) is 4.90 Å². The zero-order chi connectivity index (χ0) is 20.9. The second-order valence-electron chi connectivity index (χ2n) is 7.76. The molecule has 0 aromatic heterocycles. The molecule has 1 fully saturated rings.